The fraction of sp³-hybridized carbons (Fsp3) is 0.0952. The molecule has 2 aromatic carbocycles. The van der Waals surface area contributed by atoms with Gasteiger partial charge in [-0.1, -0.05) is 84.0 Å². The zero-order chi connectivity index (χ0) is 14.7. The molecule has 0 heteroatoms. The highest BCUT2D eigenvalue weighted by atomic mass is 14.1. The van der Waals surface area contributed by atoms with Crippen LogP contribution in [0.4, 0.5) is 0 Å². The summed E-state index contributed by atoms with van der Waals surface area (Å²) in [5.41, 5.74) is 7.59. The molecular formula is C21H19. The lowest BCUT2D eigenvalue weighted by molar-refractivity contribution is 1.45. The Labute approximate surface area is 127 Å². The van der Waals surface area contributed by atoms with Gasteiger partial charge in [-0.25, -0.2) is 0 Å². The molecule has 1 radical (unpaired) electrons. The summed E-state index contributed by atoms with van der Waals surface area (Å²) in [6.45, 7) is 4.23. The highest BCUT2D eigenvalue weighted by Crippen LogP contribution is 2.25. The summed E-state index contributed by atoms with van der Waals surface area (Å²) in [7, 11) is 0. The maximum Gasteiger partial charge on any atom is 0.00808 e. The SMILES string of the molecule is CC1=CC=C(c2ccc(-c3ccc(C)cc3)cc2)C=C[CH]1. The van der Waals surface area contributed by atoms with Gasteiger partial charge in [0.1, 0.15) is 0 Å². The van der Waals surface area contributed by atoms with Gasteiger partial charge < -0.3 is 0 Å². The number of rotatable bonds is 2. The number of aryl methyl sites for hydroxylation is 1. The van der Waals surface area contributed by atoms with Crippen LogP contribution in [-0.4, -0.2) is 0 Å². The van der Waals surface area contributed by atoms with Gasteiger partial charge in [0.2, 0.25) is 0 Å². The van der Waals surface area contributed by atoms with Gasteiger partial charge in [-0.2, -0.15) is 0 Å². The maximum atomic E-state index is 2.19. The molecule has 1 aliphatic carbocycles. The molecule has 2 aromatic rings. The smallest absolute Gasteiger partial charge is 0.00808 e. The lowest BCUT2D eigenvalue weighted by atomic mass is 9.99. The van der Waals surface area contributed by atoms with Crippen LogP contribution in [0.25, 0.3) is 16.7 Å². The van der Waals surface area contributed by atoms with Crippen molar-refractivity contribution in [2.45, 2.75) is 13.8 Å². The summed E-state index contributed by atoms with van der Waals surface area (Å²) in [5, 5.41) is 0. The molecule has 1 aliphatic rings. The van der Waals surface area contributed by atoms with E-state index in [1.807, 2.05) is 0 Å². The quantitative estimate of drug-likeness (QED) is 0.651. The number of hydrogen-bond acceptors (Lipinski definition) is 0. The Kier molecular flexibility index (Phi) is 3.87. The van der Waals surface area contributed by atoms with Gasteiger partial charge in [0.25, 0.3) is 0 Å². The first-order valence-corrected chi connectivity index (χ1v) is 7.30. The summed E-state index contributed by atoms with van der Waals surface area (Å²) >= 11 is 0. The van der Waals surface area contributed by atoms with Gasteiger partial charge in [-0.15, -0.1) is 0 Å². The highest BCUT2D eigenvalue weighted by Gasteiger charge is 2.02. The van der Waals surface area contributed by atoms with Crippen molar-refractivity contribution in [3.05, 3.63) is 96.0 Å². The van der Waals surface area contributed by atoms with E-state index in [9.17, 15) is 0 Å². The lowest BCUT2D eigenvalue weighted by Crippen LogP contribution is -1.83. The van der Waals surface area contributed by atoms with Gasteiger partial charge in [-0.05, 0) is 36.1 Å². The molecule has 0 unspecified atom stereocenters. The van der Waals surface area contributed by atoms with E-state index < -0.39 is 0 Å². The van der Waals surface area contributed by atoms with Crippen LogP contribution in [-0.2, 0) is 0 Å². The molecule has 0 bridgehead atoms. The summed E-state index contributed by atoms with van der Waals surface area (Å²) in [6, 6.07) is 17.4. The van der Waals surface area contributed by atoms with E-state index in [1.54, 1.807) is 0 Å². The summed E-state index contributed by atoms with van der Waals surface area (Å²) < 4.78 is 0. The first-order valence-electron chi connectivity index (χ1n) is 7.30. The zero-order valence-corrected chi connectivity index (χ0v) is 12.5. The van der Waals surface area contributed by atoms with Crippen LogP contribution in [0.3, 0.4) is 0 Å². The third-order valence-corrected chi connectivity index (χ3v) is 3.76. The molecule has 0 N–H and O–H groups in total. The van der Waals surface area contributed by atoms with Crippen molar-refractivity contribution in [2.75, 3.05) is 0 Å². The largest absolute Gasteiger partial charge is 0.0758 e. The third kappa shape index (κ3) is 3.22. The van der Waals surface area contributed by atoms with Crippen LogP contribution in [0.1, 0.15) is 18.1 Å². The topological polar surface area (TPSA) is 0 Å². The molecule has 0 amide bonds. The van der Waals surface area contributed by atoms with E-state index in [0.717, 1.165) is 0 Å². The predicted octanol–water partition coefficient (Wildman–Crippen LogP) is 5.77. The van der Waals surface area contributed by atoms with E-state index in [4.69, 9.17) is 0 Å². The van der Waals surface area contributed by atoms with Crippen molar-refractivity contribution in [1.29, 1.82) is 0 Å². The van der Waals surface area contributed by atoms with Crippen LogP contribution in [0, 0.1) is 13.3 Å². The van der Waals surface area contributed by atoms with Crippen molar-refractivity contribution >= 4 is 5.57 Å². The van der Waals surface area contributed by atoms with Gasteiger partial charge in [-0.3, -0.25) is 0 Å². The normalized spacial score (nSPS) is 14.4. The monoisotopic (exact) mass is 271 g/mol. The Bertz CT molecular complexity index is 708. The Morgan fingerprint density at radius 1 is 0.619 bits per heavy atom. The van der Waals surface area contributed by atoms with Crippen molar-refractivity contribution in [3.8, 4) is 11.1 Å². The van der Waals surface area contributed by atoms with E-state index in [2.05, 4.69) is 93.1 Å². The Balaban J connectivity index is 1.89. The molecule has 0 saturated heterocycles. The molecule has 0 aromatic heterocycles. The molecule has 21 heavy (non-hydrogen) atoms. The molecule has 0 aliphatic heterocycles. The van der Waals surface area contributed by atoms with Crippen LogP contribution < -0.4 is 0 Å². The van der Waals surface area contributed by atoms with E-state index >= 15 is 0 Å². The lowest BCUT2D eigenvalue weighted by Gasteiger charge is -2.05. The molecule has 0 heterocycles. The van der Waals surface area contributed by atoms with Crippen LogP contribution in [0.5, 0.6) is 0 Å². The fourth-order valence-electron chi connectivity index (χ4n) is 2.43. The molecule has 0 atom stereocenters. The third-order valence-electron chi connectivity index (χ3n) is 3.76. The number of allylic oxidation sites excluding steroid dienone is 6. The minimum atomic E-state index is 1.25. The van der Waals surface area contributed by atoms with Crippen molar-refractivity contribution in [3.63, 3.8) is 0 Å². The van der Waals surface area contributed by atoms with Gasteiger partial charge in [0.15, 0.2) is 0 Å². The predicted molar refractivity (Wildman–Crippen MR) is 91.8 cm³/mol. The highest BCUT2D eigenvalue weighted by molar-refractivity contribution is 5.78. The van der Waals surface area contributed by atoms with E-state index in [0.29, 0.717) is 0 Å². The van der Waals surface area contributed by atoms with Crippen molar-refractivity contribution in [1.82, 2.24) is 0 Å². The molecule has 0 nitrogen and oxygen atoms in total. The second-order valence-electron chi connectivity index (χ2n) is 5.50. The minimum absolute atomic E-state index is 1.25. The molecule has 0 fully saturated rings. The first kappa shape index (κ1) is 13.6. The summed E-state index contributed by atoms with van der Waals surface area (Å²) in [5.74, 6) is 0. The standard InChI is InChI=1S/C21H19/c1-16-4-3-5-18(9-6-16)20-12-14-21(15-13-20)19-10-7-17(2)8-11-19/h3-15H,1-2H3. The molecule has 3 rings (SSSR count). The molecule has 0 spiro atoms. The zero-order valence-electron chi connectivity index (χ0n) is 12.5. The molecule has 103 valence electrons. The Hall–Kier alpha value is -2.34. The van der Waals surface area contributed by atoms with Crippen molar-refractivity contribution < 1.29 is 0 Å². The first-order chi connectivity index (χ1) is 10.2. The van der Waals surface area contributed by atoms with Crippen molar-refractivity contribution in [2.24, 2.45) is 0 Å². The van der Waals surface area contributed by atoms with Crippen LogP contribution in [0.2, 0.25) is 0 Å². The summed E-state index contributed by atoms with van der Waals surface area (Å²) in [6.07, 6.45) is 10.7. The minimum Gasteiger partial charge on any atom is -0.0758 e. The molecule has 0 saturated carbocycles. The second kappa shape index (κ2) is 5.97. The number of benzene rings is 2. The van der Waals surface area contributed by atoms with Gasteiger partial charge >= 0.3 is 0 Å². The Morgan fingerprint density at radius 2 is 1.19 bits per heavy atom. The van der Waals surface area contributed by atoms with Crippen LogP contribution in [0.15, 0.2) is 78.4 Å². The van der Waals surface area contributed by atoms with E-state index in [1.165, 1.54) is 33.4 Å². The second-order valence-corrected chi connectivity index (χ2v) is 5.50. The van der Waals surface area contributed by atoms with E-state index in [-0.39, 0.29) is 0 Å². The average molecular weight is 271 g/mol. The van der Waals surface area contributed by atoms with Gasteiger partial charge in [0.05, 0.1) is 0 Å². The average Bonchev–Trinajstić information content (AvgIpc) is 2.73. The number of hydrogen-bond donors (Lipinski definition) is 0. The Morgan fingerprint density at radius 3 is 1.86 bits per heavy atom. The summed E-state index contributed by atoms with van der Waals surface area (Å²) in [4.78, 5) is 0. The maximum absolute atomic E-state index is 2.19. The fourth-order valence-corrected chi connectivity index (χ4v) is 2.43. The molecular weight excluding hydrogens is 252 g/mol. The van der Waals surface area contributed by atoms with Crippen LogP contribution >= 0.6 is 0 Å². The van der Waals surface area contributed by atoms with Gasteiger partial charge in [0, 0.05) is 6.42 Å².